The molecule has 226 valence electrons. The van der Waals surface area contributed by atoms with E-state index in [0.717, 1.165) is 16.0 Å². The van der Waals surface area contributed by atoms with E-state index in [-0.39, 0.29) is 24.3 Å². The van der Waals surface area contributed by atoms with Crippen LogP contribution in [0.25, 0.3) is 0 Å². The fraction of sp³-hybridized carbons (Fsp3) is 0.353. The number of esters is 1. The van der Waals surface area contributed by atoms with Crippen molar-refractivity contribution in [2.75, 3.05) is 13.2 Å². The summed E-state index contributed by atoms with van der Waals surface area (Å²) in [5.41, 5.74) is 2.46. The number of aryl methyl sites for hydroxylation is 2. The maximum atomic E-state index is 14.0. The van der Waals surface area contributed by atoms with Crippen molar-refractivity contribution in [1.29, 1.82) is 0 Å². The molecule has 0 aliphatic carbocycles. The van der Waals surface area contributed by atoms with Crippen LogP contribution < -0.4 is 5.32 Å². The highest BCUT2D eigenvalue weighted by Crippen LogP contribution is 2.26. The monoisotopic (exact) mass is 588 g/mol. The number of nitrogens with zero attached hydrogens (tertiary/aromatic N) is 1. The van der Waals surface area contributed by atoms with Crippen molar-refractivity contribution in [1.82, 2.24) is 10.2 Å². The molecular formula is C34H38N2O7. The maximum absolute atomic E-state index is 14.0. The number of hydrogen-bond donors (Lipinski definition) is 1. The zero-order valence-corrected chi connectivity index (χ0v) is 25.0. The Morgan fingerprint density at radius 1 is 1.02 bits per heavy atom. The Kier molecular flexibility index (Phi) is 8.96. The van der Waals surface area contributed by atoms with Crippen molar-refractivity contribution in [2.24, 2.45) is 0 Å². The summed E-state index contributed by atoms with van der Waals surface area (Å²) in [5, 5.41) is 2.62. The molecule has 1 fully saturated rings. The molecule has 0 aromatic heterocycles. The molecule has 43 heavy (non-hydrogen) atoms. The van der Waals surface area contributed by atoms with E-state index >= 15 is 0 Å². The Bertz CT molecular complexity index is 1550. The molecule has 0 unspecified atom stereocenters. The zero-order chi connectivity index (χ0) is 32.9. The van der Waals surface area contributed by atoms with Crippen LogP contribution in [-0.4, -0.2) is 53.8 Å². The third-order valence-corrected chi connectivity index (χ3v) is 6.84. The van der Waals surface area contributed by atoms with Gasteiger partial charge in [-0.3, -0.25) is 4.79 Å². The van der Waals surface area contributed by atoms with Crippen molar-refractivity contribution in [3.05, 3.63) is 106 Å². The van der Waals surface area contributed by atoms with Crippen LogP contribution in [0.2, 0.25) is 0 Å². The van der Waals surface area contributed by atoms with Gasteiger partial charge in [-0.25, -0.2) is 19.3 Å². The first-order chi connectivity index (χ1) is 21.1. The van der Waals surface area contributed by atoms with Gasteiger partial charge >= 0.3 is 18.2 Å². The number of alkyl carbamates (subject to hydrolysis) is 1. The second kappa shape index (κ2) is 13.5. The number of nitrogens with one attached hydrogen (secondary N) is 1. The van der Waals surface area contributed by atoms with E-state index in [1.54, 1.807) is 39.8 Å². The number of imide groups is 1. The largest absolute Gasteiger partial charge is 0.457 e. The smallest absolute Gasteiger partial charge is 0.417 e. The molecule has 4 rings (SSSR count). The van der Waals surface area contributed by atoms with E-state index in [1.165, 1.54) is 24.3 Å². The molecule has 0 radical (unpaired) electrons. The molecule has 1 aliphatic rings. The normalized spacial score (nSPS) is 16.4. The van der Waals surface area contributed by atoms with Gasteiger partial charge in [-0.05, 0) is 69.4 Å². The highest BCUT2D eigenvalue weighted by molar-refractivity contribution is 5.97. The highest BCUT2D eigenvalue weighted by Gasteiger charge is 2.41. The fourth-order valence-corrected chi connectivity index (χ4v) is 4.77. The Labute approximate surface area is 254 Å². The summed E-state index contributed by atoms with van der Waals surface area (Å²) in [7, 11) is 0. The Hall–Kier alpha value is -4.66. The number of amides is 3. The van der Waals surface area contributed by atoms with Crippen molar-refractivity contribution in [3.63, 3.8) is 0 Å². The summed E-state index contributed by atoms with van der Waals surface area (Å²) in [6, 6.07) is 19.8. The van der Waals surface area contributed by atoms with E-state index in [4.69, 9.17) is 17.0 Å². The summed E-state index contributed by atoms with van der Waals surface area (Å²) >= 11 is 0. The lowest BCUT2D eigenvalue weighted by molar-refractivity contribution is -0.130. The molecule has 9 nitrogen and oxygen atoms in total. The average molecular weight is 589 g/mol. The number of benzene rings is 3. The van der Waals surface area contributed by atoms with Gasteiger partial charge in [0.1, 0.15) is 18.8 Å². The molecule has 3 aromatic carbocycles. The quantitative estimate of drug-likeness (QED) is 0.246. The van der Waals surface area contributed by atoms with Gasteiger partial charge in [0, 0.05) is 6.54 Å². The van der Waals surface area contributed by atoms with Crippen LogP contribution in [0.1, 0.15) is 67.6 Å². The molecule has 3 aromatic rings. The van der Waals surface area contributed by atoms with Crippen molar-refractivity contribution in [2.45, 2.75) is 65.2 Å². The summed E-state index contributed by atoms with van der Waals surface area (Å²) in [6.07, 6.45) is -1.14. The van der Waals surface area contributed by atoms with Crippen LogP contribution in [0.3, 0.4) is 0 Å². The second-order valence-electron chi connectivity index (χ2n) is 11.5. The summed E-state index contributed by atoms with van der Waals surface area (Å²) in [6.45, 7) is 6.10. The van der Waals surface area contributed by atoms with Gasteiger partial charge in [-0.1, -0.05) is 72.3 Å². The van der Waals surface area contributed by atoms with E-state index in [1.807, 2.05) is 43.3 Å². The van der Waals surface area contributed by atoms with Gasteiger partial charge in [0.2, 0.25) is 5.91 Å². The van der Waals surface area contributed by atoms with Crippen LogP contribution in [0.15, 0.2) is 72.8 Å². The van der Waals surface area contributed by atoms with Gasteiger partial charge in [0.05, 0.1) is 20.3 Å². The van der Waals surface area contributed by atoms with Gasteiger partial charge in [0.25, 0.3) is 0 Å². The third kappa shape index (κ3) is 8.44. The molecule has 0 spiro atoms. The van der Waals surface area contributed by atoms with Crippen LogP contribution in [0.4, 0.5) is 9.59 Å². The molecule has 1 saturated heterocycles. The molecule has 0 saturated carbocycles. The van der Waals surface area contributed by atoms with E-state index in [2.05, 4.69) is 5.32 Å². The Morgan fingerprint density at radius 2 is 1.72 bits per heavy atom. The predicted octanol–water partition coefficient (Wildman–Crippen LogP) is 5.86. The summed E-state index contributed by atoms with van der Waals surface area (Å²) in [5.74, 6) is -2.45. The molecule has 9 heteroatoms. The predicted molar refractivity (Wildman–Crippen MR) is 161 cm³/mol. The average Bonchev–Trinajstić information content (AvgIpc) is 3.32. The van der Waals surface area contributed by atoms with Crippen LogP contribution in [0, 0.1) is 13.8 Å². The first-order valence-electron chi connectivity index (χ1n) is 15.1. The minimum atomic E-state index is -2.49. The highest BCUT2D eigenvalue weighted by atomic mass is 16.6. The van der Waals surface area contributed by atoms with Crippen molar-refractivity contribution >= 4 is 24.1 Å². The molecular weight excluding hydrogens is 548 g/mol. The first kappa shape index (κ1) is 28.5. The Morgan fingerprint density at radius 3 is 2.37 bits per heavy atom. The summed E-state index contributed by atoms with van der Waals surface area (Å²) < 4.78 is 32.8. The van der Waals surface area contributed by atoms with E-state index < -0.39 is 48.2 Å². The van der Waals surface area contributed by atoms with E-state index in [0.29, 0.717) is 17.5 Å². The molecule has 2 atom stereocenters. The van der Waals surface area contributed by atoms with Gasteiger partial charge in [-0.2, -0.15) is 0 Å². The molecule has 0 bridgehead atoms. The molecule has 1 N–H and O–H groups in total. The fourth-order valence-electron chi connectivity index (χ4n) is 4.77. The molecule has 3 amide bonds. The van der Waals surface area contributed by atoms with E-state index in [9.17, 15) is 19.2 Å². The van der Waals surface area contributed by atoms with Gasteiger partial charge in [0.15, 0.2) is 0 Å². The lowest BCUT2D eigenvalue weighted by Crippen LogP contribution is -2.46. The molecule has 1 aliphatic heterocycles. The lowest BCUT2D eigenvalue weighted by Gasteiger charge is -2.26. The topological polar surface area (TPSA) is 111 Å². The summed E-state index contributed by atoms with van der Waals surface area (Å²) in [4.78, 5) is 53.2. The van der Waals surface area contributed by atoms with Crippen LogP contribution in [-0.2, 0) is 32.0 Å². The van der Waals surface area contributed by atoms with Crippen LogP contribution >= 0.6 is 0 Å². The number of carbonyl (C=O) groups is 4. The number of ether oxygens (including phenoxy) is 3. The first-order valence-corrected chi connectivity index (χ1v) is 14.1. The van der Waals surface area contributed by atoms with Gasteiger partial charge < -0.3 is 19.5 Å². The third-order valence-electron chi connectivity index (χ3n) is 6.84. The maximum Gasteiger partial charge on any atom is 0.417 e. The number of carbonyl (C=O) groups excluding carboxylic acids is 4. The Balaban J connectivity index is 1.58. The standard InChI is InChI=1S/C34H38N2O7/c1-22-11-16-28(23(2)17-22)31(38)41-20-25-12-14-26(15-13-25)29(19-35-32(39)43-34(3,4)5)30(37)36-27(21-42-33(36)40)18-24-9-7-6-8-10-24/h6-17,27,29H,18-21H2,1-5H3,(H,35,39)/t27-,29-/m1/s1/i20D2. The zero-order valence-electron chi connectivity index (χ0n) is 27.0. The minimum absolute atomic E-state index is 0.0245. The van der Waals surface area contributed by atoms with Crippen molar-refractivity contribution < 1.29 is 36.1 Å². The van der Waals surface area contributed by atoms with Gasteiger partial charge in [-0.15, -0.1) is 0 Å². The molecule has 1 heterocycles. The second-order valence-corrected chi connectivity index (χ2v) is 11.5. The minimum Gasteiger partial charge on any atom is -0.457 e. The number of hydrogen-bond acceptors (Lipinski definition) is 7. The van der Waals surface area contributed by atoms with Crippen molar-refractivity contribution in [3.8, 4) is 0 Å². The van der Waals surface area contributed by atoms with Crippen LogP contribution in [0.5, 0.6) is 0 Å². The SMILES string of the molecule is [2H]C([2H])(OC(=O)c1ccc(C)cc1C)c1ccc([C@@H](CNC(=O)OC(C)(C)C)C(=O)N2C(=O)OC[C@H]2Cc2ccccc2)cc1. The lowest BCUT2D eigenvalue weighted by atomic mass is 9.95. The number of cyclic esters (lactones) is 1. The number of rotatable bonds is 9.